The van der Waals surface area contributed by atoms with Crippen LogP contribution in [0.3, 0.4) is 0 Å². The topological polar surface area (TPSA) is 68.1 Å². The lowest BCUT2D eigenvalue weighted by Crippen LogP contribution is -2.42. The SMILES string of the molecule is COc1cccc(C2CC(C(=O)O)CCC23CC=NO3)c1. The second-order valence-corrected chi connectivity index (χ2v) is 5.79. The molecule has 1 spiro atoms. The Labute approximate surface area is 123 Å². The summed E-state index contributed by atoms with van der Waals surface area (Å²) < 4.78 is 5.28. The van der Waals surface area contributed by atoms with E-state index in [0.29, 0.717) is 19.3 Å². The molecule has 1 N–H and O–H groups in total. The normalized spacial score (nSPS) is 31.1. The Kier molecular flexibility index (Phi) is 3.57. The highest BCUT2D eigenvalue weighted by atomic mass is 16.7. The van der Waals surface area contributed by atoms with E-state index in [2.05, 4.69) is 5.16 Å². The first kappa shape index (κ1) is 13.9. The van der Waals surface area contributed by atoms with Crippen molar-refractivity contribution in [3.05, 3.63) is 29.8 Å². The fourth-order valence-electron chi connectivity index (χ4n) is 3.46. The number of benzene rings is 1. The average Bonchev–Trinajstić information content (AvgIpc) is 2.96. The Bertz CT molecular complexity index is 561. The van der Waals surface area contributed by atoms with Crippen LogP contribution in [0.15, 0.2) is 29.4 Å². The van der Waals surface area contributed by atoms with Crippen LogP contribution in [0.2, 0.25) is 0 Å². The molecule has 3 rings (SSSR count). The number of methoxy groups -OCH3 is 1. The van der Waals surface area contributed by atoms with Gasteiger partial charge >= 0.3 is 5.97 Å². The van der Waals surface area contributed by atoms with Gasteiger partial charge in [-0.2, -0.15) is 0 Å². The first-order valence-corrected chi connectivity index (χ1v) is 7.21. The number of aliphatic carboxylic acids is 1. The van der Waals surface area contributed by atoms with E-state index < -0.39 is 11.6 Å². The Morgan fingerprint density at radius 3 is 3.05 bits per heavy atom. The van der Waals surface area contributed by atoms with Crippen LogP contribution in [0.1, 0.15) is 37.2 Å². The first-order valence-electron chi connectivity index (χ1n) is 7.21. The molecule has 0 radical (unpaired) electrons. The van der Waals surface area contributed by atoms with Crippen LogP contribution >= 0.6 is 0 Å². The zero-order chi connectivity index (χ0) is 14.9. The lowest BCUT2D eigenvalue weighted by Gasteiger charge is -2.41. The van der Waals surface area contributed by atoms with Crippen LogP contribution < -0.4 is 4.74 Å². The maximum Gasteiger partial charge on any atom is 0.306 e. The number of oxime groups is 1. The summed E-state index contributed by atoms with van der Waals surface area (Å²) in [6.45, 7) is 0. The largest absolute Gasteiger partial charge is 0.497 e. The molecule has 0 bridgehead atoms. The molecule has 1 saturated carbocycles. The molecule has 5 nitrogen and oxygen atoms in total. The molecule has 1 aromatic rings. The number of rotatable bonds is 3. The van der Waals surface area contributed by atoms with Crippen molar-refractivity contribution in [1.29, 1.82) is 0 Å². The third kappa shape index (κ3) is 2.48. The Morgan fingerprint density at radius 1 is 1.52 bits per heavy atom. The lowest BCUT2D eigenvalue weighted by atomic mass is 9.67. The minimum atomic E-state index is -0.725. The van der Waals surface area contributed by atoms with Crippen molar-refractivity contribution in [1.82, 2.24) is 0 Å². The van der Waals surface area contributed by atoms with Crippen LogP contribution in [0.25, 0.3) is 0 Å². The van der Waals surface area contributed by atoms with Crippen molar-refractivity contribution in [3.63, 3.8) is 0 Å². The van der Waals surface area contributed by atoms with Gasteiger partial charge in [0.25, 0.3) is 0 Å². The van der Waals surface area contributed by atoms with Gasteiger partial charge in [0.1, 0.15) is 11.4 Å². The summed E-state index contributed by atoms with van der Waals surface area (Å²) in [6, 6.07) is 7.81. The molecule has 1 aliphatic heterocycles. The smallest absolute Gasteiger partial charge is 0.306 e. The van der Waals surface area contributed by atoms with Gasteiger partial charge in [-0.3, -0.25) is 4.79 Å². The van der Waals surface area contributed by atoms with E-state index in [1.807, 2.05) is 24.3 Å². The number of hydrogen-bond acceptors (Lipinski definition) is 4. The molecule has 1 heterocycles. The van der Waals surface area contributed by atoms with E-state index in [-0.39, 0.29) is 11.8 Å². The maximum absolute atomic E-state index is 11.4. The van der Waals surface area contributed by atoms with Crippen molar-refractivity contribution in [2.45, 2.75) is 37.2 Å². The molecule has 0 saturated heterocycles. The number of nitrogens with zero attached hydrogens (tertiary/aromatic N) is 1. The quantitative estimate of drug-likeness (QED) is 0.929. The molecule has 1 aliphatic carbocycles. The maximum atomic E-state index is 11.4. The van der Waals surface area contributed by atoms with Crippen LogP contribution in [0.5, 0.6) is 5.75 Å². The summed E-state index contributed by atoms with van der Waals surface area (Å²) in [7, 11) is 1.63. The van der Waals surface area contributed by atoms with Crippen molar-refractivity contribution in [2.75, 3.05) is 7.11 Å². The van der Waals surface area contributed by atoms with Gasteiger partial charge in [-0.1, -0.05) is 17.3 Å². The second kappa shape index (κ2) is 5.39. The monoisotopic (exact) mass is 289 g/mol. The summed E-state index contributed by atoms with van der Waals surface area (Å²) in [5.74, 6) is -0.253. The van der Waals surface area contributed by atoms with Gasteiger partial charge in [0.15, 0.2) is 0 Å². The molecule has 3 unspecified atom stereocenters. The molecule has 112 valence electrons. The summed E-state index contributed by atoms with van der Waals surface area (Å²) in [4.78, 5) is 17.0. The minimum absolute atomic E-state index is 0.0185. The molecular formula is C16H19NO4. The van der Waals surface area contributed by atoms with Crippen LogP contribution in [-0.2, 0) is 9.63 Å². The highest BCUT2D eigenvalue weighted by Crippen LogP contribution is 2.49. The highest BCUT2D eigenvalue weighted by molar-refractivity contribution is 5.70. The highest BCUT2D eigenvalue weighted by Gasteiger charge is 2.49. The molecule has 0 amide bonds. The van der Waals surface area contributed by atoms with Gasteiger partial charge in [0, 0.05) is 18.6 Å². The number of carboxylic acid groups (broad SMARTS) is 1. The number of hydrogen-bond donors (Lipinski definition) is 1. The molecule has 2 aliphatic rings. The second-order valence-electron chi connectivity index (χ2n) is 5.79. The van der Waals surface area contributed by atoms with Gasteiger partial charge < -0.3 is 14.7 Å². The third-order valence-corrected chi connectivity index (χ3v) is 4.66. The van der Waals surface area contributed by atoms with E-state index >= 15 is 0 Å². The van der Waals surface area contributed by atoms with Gasteiger partial charge in [-0.25, -0.2) is 0 Å². The van der Waals surface area contributed by atoms with Gasteiger partial charge in [-0.05, 0) is 37.0 Å². The van der Waals surface area contributed by atoms with E-state index in [1.165, 1.54) is 0 Å². The summed E-state index contributed by atoms with van der Waals surface area (Å²) in [6.07, 6.45) is 4.45. The van der Waals surface area contributed by atoms with Crippen LogP contribution in [0.4, 0.5) is 0 Å². The molecule has 21 heavy (non-hydrogen) atoms. The lowest BCUT2D eigenvalue weighted by molar-refractivity contribution is -0.146. The van der Waals surface area contributed by atoms with Crippen LogP contribution in [-0.4, -0.2) is 30.0 Å². The predicted octanol–water partition coefficient (Wildman–Crippen LogP) is 2.81. The van der Waals surface area contributed by atoms with Crippen LogP contribution in [0, 0.1) is 5.92 Å². The van der Waals surface area contributed by atoms with E-state index in [1.54, 1.807) is 13.3 Å². The molecule has 3 atom stereocenters. The number of carboxylic acids is 1. The minimum Gasteiger partial charge on any atom is -0.497 e. The average molecular weight is 289 g/mol. The fourth-order valence-corrected chi connectivity index (χ4v) is 3.46. The van der Waals surface area contributed by atoms with Gasteiger partial charge in [0.2, 0.25) is 0 Å². The summed E-state index contributed by atoms with van der Waals surface area (Å²) in [5.41, 5.74) is 0.670. The van der Waals surface area contributed by atoms with Crippen molar-refractivity contribution in [2.24, 2.45) is 11.1 Å². The van der Waals surface area contributed by atoms with E-state index in [9.17, 15) is 9.90 Å². The number of ether oxygens (including phenoxy) is 1. The molecule has 0 aromatic heterocycles. The molecule has 1 fully saturated rings. The summed E-state index contributed by atoms with van der Waals surface area (Å²) in [5, 5.41) is 13.3. The fraction of sp³-hybridized carbons (Fsp3) is 0.500. The molecule has 5 heteroatoms. The zero-order valence-corrected chi connectivity index (χ0v) is 12.0. The Morgan fingerprint density at radius 2 is 2.38 bits per heavy atom. The summed E-state index contributed by atoms with van der Waals surface area (Å²) >= 11 is 0. The van der Waals surface area contributed by atoms with Gasteiger partial charge in [-0.15, -0.1) is 0 Å². The van der Waals surface area contributed by atoms with Crippen molar-refractivity contribution in [3.8, 4) is 5.75 Å². The predicted molar refractivity (Wildman–Crippen MR) is 77.6 cm³/mol. The Balaban J connectivity index is 1.94. The van der Waals surface area contributed by atoms with E-state index in [0.717, 1.165) is 17.7 Å². The third-order valence-electron chi connectivity index (χ3n) is 4.66. The van der Waals surface area contributed by atoms with E-state index in [4.69, 9.17) is 9.57 Å². The van der Waals surface area contributed by atoms with Crippen molar-refractivity contribution >= 4 is 12.2 Å². The molecule has 1 aromatic carbocycles. The van der Waals surface area contributed by atoms with Crippen molar-refractivity contribution < 1.29 is 19.5 Å². The van der Waals surface area contributed by atoms with Gasteiger partial charge in [0.05, 0.1) is 13.0 Å². The number of carbonyl (C=O) groups is 1. The molecular weight excluding hydrogens is 270 g/mol. The standard InChI is InChI=1S/C16H19NO4/c1-20-13-4-2-3-11(9-13)14-10-12(15(18)19)5-6-16(14)7-8-17-21-16/h2-4,8-9,12,14H,5-7,10H2,1H3,(H,18,19). The Hall–Kier alpha value is -2.04. The zero-order valence-electron chi connectivity index (χ0n) is 12.0. The first-order chi connectivity index (χ1) is 10.1.